The normalized spacial score (nSPS) is 14.3. The zero-order valence-electron chi connectivity index (χ0n) is 20.6. The summed E-state index contributed by atoms with van der Waals surface area (Å²) in [5.41, 5.74) is 1.27. The van der Waals surface area contributed by atoms with Gasteiger partial charge in [-0.1, -0.05) is 0 Å². The van der Waals surface area contributed by atoms with Crippen LogP contribution in [-0.2, 0) is 42.7 Å². The summed E-state index contributed by atoms with van der Waals surface area (Å²) in [6.07, 6.45) is -5.17. The number of aryl methyl sites for hydroxylation is 1. The molecule has 2 aromatic rings. The Kier molecular flexibility index (Phi) is 11.5. The van der Waals surface area contributed by atoms with E-state index in [9.17, 15) is 26.3 Å². The van der Waals surface area contributed by atoms with Gasteiger partial charge in [-0.3, -0.25) is 14.5 Å². The largest absolute Gasteiger partial charge is 0.490 e. The van der Waals surface area contributed by atoms with E-state index in [1.807, 2.05) is 17.9 Å². The standard InChI is InChI=1S/C16H27N7.2C2HF3O2/c1-13(2)20(3)12-16-19-18-15-5-6-22(7-8-23(15)16)11-14-9-17-21(4)10-14;2*3-2(4,5)1(6)7/h9-10,13H,5-8,11-12H2,1-4H3;2*(H,6,7). The highest BCUT2D eigenvalue weighted by Crippen LogP contribution is 2.15. The number of hydrogen-bond donors (Lipinski definition) is 2. The summed E-state index contributed by atoms with van der Waals surface area (Å²) in [5, 5.41) is 27.3. The summed E-state index contributed by atoms with van der Waals surface area (Å²) in [6.45, 7) is 9.22. The van der Waals surface area contributed by atoms with E-state index in [0.717, 1.165) is 50.8 Å². The lowest BCUT2D eigenvalue weighted by atomic mass is 10.3. The minimum atomic E-state index is -5.08. The van der Waals surface area contributed by atoms with Crippen molar-refractivity contribution in [2.45, 2.75) is 58.3 Å². The van der Waals surface area contributed by atoms with Crippen molar-refractivity contribution >= 4 is 11.9 Å². The van der Waals surface area contributed by atoms with Crippen molar-refractivity contribution in [2.75, 3.05) is 20.1 Å². The van der Waals surface area contributed by atoms with Crippen LogP contribution in [0.2, 0.25) is 0 Å². The summed E-state index contributed by atoms with van der Waals surface area (Å²) in [4.78, 5) is 22.6. The fourth-order valence-corrected chi connectivity index (χ4v) is 2.92. The smallest absolute Gasteiger partial charge is 0.475 e. The third-order valence-corrected chi connectivity index (χ3v) is 5.12. The van der Waals surface area contributed by atoms with Crippen molar-refractivity contribution in [3.63, 3.8) is 0 Å². The summed E-state index contributed by atoms with van der Waals surface area (Å²) < 4.78 is 67.6. The van der Waals surface area contributed by atoms with Crippen LogP contribution in [0.1, 0.15) is 31.1 Å². The number of carboxylic acids is 2. The Morgan fingerprint density at radius 3 is 2.00 bits per heavy atom. The third-order valence-electron chi connectivity index (χ3n) is 5.12. The summed E-state index contributed by atoms with van der Waals surface area (Å²) in [5.74, 6) is -3.31. The minimum Gasteiger partial charge on any atom is -0.475 e. The molecule has 11 nitrogen and oxygen atoms in total. The summed E-state index contributed by atoms with van der Waals surface area (Å²) in [7, 11) is 4.10. The van der Waals surface area contributed by atoms with Crippen LogP contribution in [0.3, 0.4) is 0 Å². The molecule has 0 radical (unpaired) electrons. The van der Waals surface area contributed by atoms with Crippen molar-refractivity contribution in [1.82, 2.24) is 34.3 Å². The van der Waals surface area contributed by atoms with E-state index >= 15 is 0 Å². The predicted molar refractivity (Wildman–Crippen MR) is 116 cm³/mol. The van der Waals surface area contributed by atoms with Gasteiger partial charge in [0.1, 0.15) is 11.6 Å². The van der Waals surface area contributed by atoms with Gasteiger partial charge in [0.25, 0.3) is 0 Å². The molecule has 0 saturated heterocycles. The second-order valence-corrected chi connectivity index (χ2v) is 8.35. The minimum absolute atomic E-state index is 0.510. The highest BCUT2D eigenvalue weighted by molar-refractivity contribution is 5.73. The van der Waals surface area contributed by atoms with E-state index in [1.54, 1.807) is 0 Å². The molecule has 37 heavy (non-hydrogen) atoms. The highest BCUT2D eigenvalue weighted by atomic mass is 19.4. The first-order valence-electron chi connectivity index (χ1n) is 10.8. The first kappa shape index (κ1) is 31.8. The van der Waals surface area contributed by atoms with Crippen LogP contribution < -0.4 is 0 Å². The first-order chi connectivity index (χ1) is 16.9. The van der Waals surface area contributed by atoms with Gasteiger partial charge in [-0.05, 0) is 20.9 Å². The number of carbonyl (C=O) groups is 2. The molecule has 0 aromatic carbocycles. The number of fused-ring (bicyclic) bond motifs is 1. The van der Waals surface area contributed by atoms with Crippen LogP contribution in [0.15, 0.2) is 12.4 Å². The molecular weight excluding hydrogens is 516 g/mol. The number of rotatable bonds is 5. The van der Waals surface area contributed by atoms with Crippen LogP contribution in [0.5, 0.6) is 0 Å². The quantitative estimate of drug-likeness (QED) is 0.543. The van der Waals surface area contributed by atoms with Crippen LogP contribution >= 0.6 is 0 Å². The zero-order chi connectivity index (χ0) is 28.6. The molecule has 1 aliphatic heterocycles. The lowest BCUT2D eigenvalue weighted by Gasteiger charge is -2.21. The fraction of sp³-hybridized carbons (Fsp3) is 0.650. The van der Waals surface area contributed by atoms with E-state index in [2.05, 4.69) is 56.8 Å². The Hall–Kier alpha value is -3.21. The van der Waals surface area contributed by atoms with Gasteiger partial charge in [0.2, 0.25) is 0 Å². The van der Waals surface area contributed by atoms with E-state index in [0.29, 0.717) is 6.04 Å². The molecule has 3 rings (SSSR count). The molecule has 2 aromatic heterocycles. The van der Waals surface area contributed by atoms with Crippen molar-refractivity contribution in [3.8, 4) is 0 Å². The first-order valence-corrected chi connectivity index (χ1v) is 10.8. The molecular formula is C20H29F6N7O4. The average Bonchev–Trinajstić information content (AvgIpc) is 3.28. The van der Waals surface area contributed by atoms with E-state index in [4.69, 9.17) is 19.8 Å². The Balaban J connectivity index is 0.000000404. The van der Waals surface area contributed by atoms with Crippen molar-refractivity contribution in [2.24, 2.45) is 7.05 Å². The van der Waals surface area contributed by atoms with E-state index in [1.165, 1.54) is 5.56 Å². The van der Waals surface area contributed by atoms with Gasteiger partial charge in [0, 0.05) is 57.4 Å². The number of halogens is 6. The van der Waals surface area contributed by atoms with Gasteiger partial charge >= 0.3 is 24.3 Å². The molecule has 17 heteroatoms. The van der Waals surface area contributed by atoms with Crippen LogP contribution in [0.4, 0.5) is 26.3 Å². The Morgan fingerprint density at radius 2 is 1.57 bits per heavy atom. The topological polar surface area (TPSA) is 130 Å². The van der Waals surface area contributed by atoms with Crippen LogP contribution in [0.25, 0.3) is 0 Å². The molecule has 3 heterocycles. The number of carboxylic acid groups (broad SMARTS) is 2. The highest BCUT2D eigenvalue weighted by Gasteiger charge is 2.38. The molecule has 0 atom stereocenters. The maximum Gasteiger partial charge on any atom is 0.490 e. The average molecular weight is 545 g/mol. The van der Waals surface area contributed by atoms with Gasteiger partial charge < -0.3 is 14.8 Å². The Bertz CT molecular complexity index is 996. The van der Waals surface area contributed by atoms with Gasteiger partial charge in [0.05, 0.1) is 12.7 Å². The van der Waals surface area contributed by atoms with Gasteiger partial charge in [0.15, 0.2) is 0 Å². The van der Waals surface area contributed by atoms with Crippen LogP contribution in [-0.4, -0.2) is 95.0 Å². The molecule has 0 saturated carbocycles. The molecule has 0 amide bonds. The maximum atomic E-state index is 10.6. The molecule has 1 aliphatic rings. The SMILES string of the molecule is CC(C)N(C)Cc1nnc2n1CCN(Cc1cnn(C)c1)CC2.O=C(O)C(F)(F)F.O=C(O)C(F)(F)F. The summed E-state index contributed by atoms with van der Waals surface area (Å²) in [6, 6.07) is 0.510. The van der Waals surface area contributed by atoms with Crippen molar-refractivity contribution in [3.05, 3.63) is 29.6 Å². The fourth-order valence-electron chi connectivity index (χ4n) is 2.92. The molecule has 0 aliphatic carbocycles. The van der Waals surface area contributed by atoms with Crippen LogP contribution in [0, 0.1) is 0 Å². The molecule has 0 spiro atoms. The lowest BCUT2D eigenvalue weighted by Crippen LogP contribution is -2.29. The second-order valence-electron chi connectivity index (χ2n) is 8.35. The van der Waals surface area contributed by atoms with Crippen molar-refractivity contribution < 1.29 is 46.1 Å². The Labute approximate surface area is 208 Å². The maximum absolute atomic E-state index is 10.6. The second kappa shape index (κ2) is 13.4. The monoisotopic (exact) mass is 545 g/mol. The predicted octanol–water partition coefficient (Wildman–Crippen LogP) is 2.18. The van der Waals surface area contributed by atoms with Gasteiger partial charge in [-0.25, -0.2) is 9.59 Å². The molecule has 2 N–H and O–H groups in total. The number of aromatic nitrogens is 5. The molecule has 0 bridgehead atoms. The number of alkyl halides is 6. The Morgan fingerprint density at radius 1 is 1.03 bits per heavy atom. The van der Waals surface area contributed by atoms with Gasteiger partial charge in [-0.2, -0.15) is 31.4 Å². The zero-order valence-corrected chi connectivity index (χ0v) is 20.6. The summed E-state index contributed by atoms with van der Waals surface area (Å²) >= 11 is 0. The lowest BCUT2D eigenvalue weighted by molar-refractivity contribution is -0.193. The third kappa shape index (κ3) is 11.2. The van der Waals surface area contributed by atoms with E-state index in [-0.39, 0.29) is 0 Å². The van der Waals surface area contributed by atoms with Crippen molar-refractivity contribution in [1.29, 1.82) is 0 Å². The molecule has 210 valence electrons. The number of aliphatic carboxylic acids is 2. The van der Waals surface area contributed by atoms with E-state index < -0.39 is 24.3 Å². The number of hydrogen-bond acceptors (Lipinski definition) is 7. The molecule has 0 unspecified atom stereocenters. The van der Waals surface area contributed by atoms with Gasteiger partial charge in [-0.15, -0.1) is 10.2 Å². The molecule has 0 fully saturated rings. The number of nitrogens with zero attached hydrogens (tertiary/aromatic N) is 7.